The maximum absolute atomic E-state index is 11.5. The number of hydrazone groups is 1. The highest BCUT2D eigenvalue weighted by Gasteiger charge is 2.03. The van der Waals surface area contributed by atoms with Crippen LogP contribution < -0.4 is 10.2 Å². The molecule has 1 N–H and O–H groups in total. The van der Waals surface area contributed by atoms with Gasteiger partial charge < -0.3 is 4.74 Å². The molecule has 1 amide bonds. The fourth-order valence-electron chi connectivity index (χ4n) is 1.00. The Hall–Kier alpha value is -1.84. The van der Waals surface area contributed by atoms with Crippen LogP contribution in [-0.2, 0) is 0 Å². The number of ether oxygens (including phenoxy) is 1. The Morgan fingerprint density at radius 2 is 2.13 bits per heavy atom. The average molecular weight is 206 g/mol. The molecule has 0 heterocycles. The number of benzene rings is 1. The van der Waals surface area contributed by atoms with Crippen LogP contribution in [0, 0.1) is 0 Å². The predicted octanol–water partition coefficient (Wildman–Crippen LogP) is 1.82. The third-order valence-electron chi connectivity index (χ3n) is 1.79. The largest absolute Gasteiger partial charge is 0.497 e. The van der Waals surface area contributed by atoms with Gasteiger partial charge in [0.25, 0.3) is 5.91 Å². The molecule has 0 aliphatic rings. The van der Waals surface area contributed by atoms with E-state index in [-0.39, 0.29) is 5.91 Å². The van der Waals surface area contributed by atoms with E-state index >= 15 is 0 Å². The fraction of sp³-hybridized carbons (Fsp3) is 0.273. The Morgan fingerprint density at radius 3 is 2.67 bits per heavy atom. The Kier molecular flexibility index (Phi) is 4.34. The SMILES string of the molecule is CCC=NNC(=O)c1ccc(OC)cc1. The van der Waals surface area contributed by atoms with Crippen molar-refractivity contribution in [3.8, 4) is 5.75 Å². The lowest BCUT2D eigenvalue weighted by Crippen LogP contribution is -2.17. The molecule has 0 saturated carbocycles. The summed E-state index contributed by atoms with van der Waals surface area (Å²) in [6.07, 6.45) is 2.43. The second kappa shape index (κ2) is 5.80. The average Bonchev–Trinajstić information content (AvgIpc) is 2.29. The maximum atomic E-state index is 11.5. The minimum absolute atomic E-state index is 0.220. The molecular formula is C11H14N2O2. The molecule has 0 atom stereocenters. The molecule has 4 heteroatoms. The minimum Gasteiger partial charge on any atom is -0.497 e. The molecule has 0 bridgehead atoms. The van der Waals surface area contributed by atoms with Crippen LogP contribution >= 0.6 is 0 Å². The van der Waals surface area contributed by atoms with Gasteiger partial charge in [-0.1, -0.05) is 6.92 Å². The van der Waals surface area contributed by atoms with Crippen molar-refractivity contribution >= 4 is 12.1 Å². The second-order valence-corrected chi connectivity index (χ2v) is 2.89. The van der Waals surface area contributed by atoms with E-state index in [1.807, 2.05) is 6.92 Å². The van der Waals surface area contributed by atoms with Crippen molar-refractivity contribution in [3.05, 3.63) is 29.8 Å². The van der Waals surface area contributed by atoms with Crippen molar-refractivity contribution in [2.75, 3.05) is 7.11 Å². The van der Waals surface area contributed by atoms with Gasteiger partial charge in [0.2, 0.25) is 0 Å². The molecule has 0 saturated heterocycles. The van der Waals surface area contributed by atoms with E-state index in [0.717, 1.165) is 12.2 Å². The molecule has 0 fully saturated rings. The van der Waals surface area contributed by atoms with Crippen LogP contribution in [0.1, 0.15) is 23.7 Å². The summed E-state index contributed by atoms with van der Waals surface area (Å²) in [7, 11) is 1.58. The van der Waals surface area contributed by atoms with Crippen LogP contribution in [-0.4, -0.2) is 19.2 Å². The van der Waals surface area contributed by atoms with Gasteiger partial charge in [0.1, 0.15) is 5.75 Å². The Balaban J connectivity index is 2.62. The van der Waals surface area contributed by atoms with Crippen LogP contribution in [0.5, 0.6) is 5.75 Å². The first-order chi connectivity index (χ1) is 7.27. The highest BCUT2D eigenvalue weighted by Crippen LogP contribution is 2.10. The highest BCUT2D eigenvalue weighted by atomic mass is 16.5. The number of nitrogens with zero attached hydrogens (tertiary/aromatic N) is 1. The van der Waals surface area contributed by atoms with E-state index in [9.17, 15) is 4.79 Å². The Morgan fingerprint density at radius 1 is 1.47 bits per heavy atom. The number of methoxy groups -OCH3 is 1. The zero-order valence-electron chi connectivity index (χ0n) is 8.86. The smallest absolute Gasteiger partial charge is 0.271 e. The van der Waals surface area contributed by atoms with Gasteiger partial charge in [-0.3, -0.25) is 4.79 Å². The predicted molar refractivity (Wildman–Crippen MR) is 59.2 cm³/mol. The van der Waals surface area contributed by atoms with Crippen LogP contribution in [0.25, 0.3) is 0 Å². The van der Waals surface area contributed by atoms with Crippen LogP contribution in [0.3, 0.4) is 0 Å². The molecular weight excluding hydrogens is 192 g/mol. The van der Waals surface area contributed by atoms with E-state index in [2.05, 4.69) is 10.5 Å². The number of hydrogen-bond donors (Lipinski definition) is 1. The van der Waals surface area contributed by atoms with Crippen molar-refractivity contribution in [3.63, 3.8) is 0 Å². The van der Waals surface area contributed by atoms with Crippen molar-refractivity contribution in [1.82, 2.24) is 5.43 Å². The summed E-state index contributed by atoms with van der Waals surface area (Å²) < 4.78 is 4.99. The molecule has 0 spiro atoms. The molecule has 0 unspecified atom stereocenters. The molecule has 1 aromatic rings. The van der Waals surface area contributed by atoms with Gasteiger partial charge in [-0.15, -0.1) is 0 Å². The van der Waals surface area contributed by atoms with Crippen molar-refractivity contribution < 1.29 is 9.53 Å². The van der Waals surface area contributed by atoms with Gasteiger partial charge in [-0.2, -0.15) is 5.10 Å². The first-order valence-corrected chi connectivity index (χ1v) is 4.74. The number of amides is 1. The lowest BCUT2D eigenvalue weighted by Gasteiger charge is -2.01. The zero-order valence-corrected chi connectivity index (χ0v) is 8.86. The standard InChI is InChI=1S/C11H14N2O2/c1-3-8-12-13-11(14)9-4-6-10(15-2)7-5-9/h4-8H,3H2,1-2H3,(H,13,14). The number of hydrogen-bond acceptors (Lipinski definition) is 3. The fourth-order valence-corrected chi connectivity index (χ4v) is 1.00. The molecule has 0 radical (unpaired) electrons. The van der Waals surface area contributed by atoms with Gasteiger partial charge in [0.15, 0.2) is 0 Å². The summed E-state index contributed by atoms with van der Waals surface area (Å²) in [6.45, 7) is 1.95. The quantitative estimate of drug-likeness (QED) is 0.603. The topological polar surface area (TPSA) is 50.7 Å². The number of carbonyl (C=O) groups is 1. The van der Waals surface area contributed by atoms with Crippen LogP contribution in [0.2, 0.25) is 0 Å². The van der Waals surface area contributed by atoms with Gasteiger partial charge in [-0.05, 0) is 30.7 Å². The molecule has 15 heavy (non-hydrogen) atoms. The maximum Gasteiger partial charge on any atom is 0.271 e. The van der Waals surface area contributed by atoms with E-state index < -0.39 is 0 Å². The molecule has 1 aromatic carbocycles. The molecule has 80 valence electrons. The molecule has 0 aliphatic heterocycles. The monoisotopic (exact) mass is 206 g/mol. The minimum atomic E-state index is -0.220. The Bertz CT molecular complexity index is 344. The van der Waals surface area contributed by atoms with Crippen molar-refractivity contribution in [2.24, 2.45) is 5.10 Å². The molecule has 1 rings (SSSR count). The van der Waals surface area contributed by atoms with E-state index in [1.54, 1.807) is 37.6 Å². The Labute approximate surface area is 88.9 Å². The summed E-state index contributed by atoms with van der Waals surface area (Å²) in [5, 5.41) is 3.75. The zero-order chi connectivity index (χ0) is 11.1. The first-order valence-electron chi connectivity index (χ1n) is 4.74. The molecule has 4 nitrogen and oxygen atoms in total. The third-order valence-corrected chi connectivity index (χ3v) is 1.79. The number of carbonyl (C=O) groups excluding carboxylic acids is 1. The third kappa shape index (κ3) is 3.42. The van der Waals surface area contributed by atoms with Gasteiger partial charge >= 0.3 is 0 Å². The number of rotatable bonds is 4. The lowest BCUT2D eigenvalue weighted by molar-refractivity contribution is 0.0955. The second-order valence-electron chi connectivity index (χ2n) is 2.89. The number of nitrogens with one attached hydrogen (secondary N) is 1. The normalized spacial score (nSPS) is 10.3. The summed E-state index contributed by atoms with van der Waals surface area (Å²) >= 11 is 0. The van der Waals surface area contributed by atoms with Crippen LogP contribution in [0.4, 0.5) is 0 Å². The van der Waals surface area contributed by atoms with E-state index in [1.165, 1.54) is 0 Å². The van der Waals surface area contributed by atoms with Gasteiger partial charge in [0.05, 0.1) is 7.11 Å². The summed E-state index contributed by atoms with van der Waals surface area (Å²) in [5.74, 6) is 0.506. The molecule has 0 aromatic heterocycles. The van der Waals surface area contributed by atoms with Gasteiger partial charge in [-0.25, -0.2) is 5.43 Å². The van der Waals surface area contributed by atoms with Gasteiger partial charge in [0, 0.05) is 11.8 Å². The van der Waals surface area contributed by atoms with E-state index in [0.29, 0.717) is 5.56 Å². The lowest BCUT2D eigenvalue weighted by atomic mass is 10.2. The van der Waals surface area contributed by atoms with E-state index in [4.69, 9.17) is 4.74 Å². The van der Waals surface area contributed by atoms with Crippen molar-refractivity contribution in [1.29, 1.82) is 0 Å². The van der Waals surface area contributed by atoms with Crippen molar-refractivity contribution in [2.45, 2.75) is 13.3 Å². The first kappa shape index (κ1) is 11.2. The highest BCUT2D eigenvalue weighted by molar-refractivity contribution is 5.94. The van der Waals surface area contributed by atoms with Crippen LogP contribution in [0.15, 0.2) is 29.4 Å². The summed E-state index contributed by atoms with van der Waals surface area (Å²) in [5.41, 5.74) is 2.99. The summed E-state index contributed by atoms with van der Waals surface area (Å²) in [6, 6.07) is 6.85. The summed E-state index contributed by atoms with van der Waals surface area (Å²) in [4.78, 5) is 11.5. The molecule has 0 aliphatic carbocycles.